The van der Waals surface area contributed by atoms with Crippen molar-refractivity contribution < 1.29 is 176 Å². The molecule has 43 nitrogen and oxygen atoms in total. The van der Waals surface area contributed by atoms with Gasteiger partial charge in [-0.15, -0.1) is 0 Å². The van der Waals surface area contributed by atoms with E-state index < -0.39 is 288 Å². The Balaban J connectivity index is 0.959. The van der Waals surface area contributed by atoms with Crippen LogP contribution < -0.4 is 31.9 Å². The highest BCUT2D eigenvalue weighted by Gasteiger charge is 2.63. The van der Waals surface area contributed by atoms with Gasteiger partial charge in [0.1, 0.15) is 109 Å². The van der Waals surface area contributed by atoms with Gasteiger partial charge in [0.05, 0.1) is 79.3 Å². The number of carbonyl (C=O) groups is 12. The number of benzene rings is 6. The van der Waals surface area contributed by atoms with Crippen molar-refractivity contribution >= 4 is 71.3 Å². The van der Waals surface area contributed by atoms with Gasteiger partial charge in [0, 0.05) is 90.2 Å². The quantitative estimate of drug-likeness (QED) is 0.0208. The summed E-state index contributed by atoms with van der Waals surface area (Å²) in [5, 5.41) is 28.4. The largest absolute Gasteiger partial charge is 0.457 e. The molecular weight excluding hydrogens is 1910 g/mol. The Morgan fingerprint density at radius 3 is 0.555 bits per heavy atom. The van der Waals surface area contributed by atoms with Crippen LogP contribution in [0.5, 0.6) is 0 Å². The van der Waals surface area contributed by atoms with E-state index in [1.54, 1.807) is 152 Å². The van der Waals surface area contributed by atoms with Gasteiger partial charge in [0.2, 0.25) is 35.4 Å². The van der Waals surface area contributed by atoms with Gasteiger partial charge in [-0.25, -0.2) is 0 Å². The van der Waals surface area contributed by atoms with Crippen molar-refractivity contribution in [3.05, 3.63) is 215 Å². The lowest BCUT2D eigenvalue weighted by Gasteiger charge is -2.53. The predicted molar refractivity (Wildman–Crippen MR) is 505 cm³/mol. The first-order valence-electron chi connectivity index (χ1n) is 47.9. The number of rotatable bonds is 47. The zero-order valence-electron chi connectivity index (χ0n) is 83.3. The second-order valence-corrected chi connectivity index (χ2v) is 35.8. The summed E-state index contributed by atoms with van der Waals surface area (Å²) in [5.41, 5.74) is 4.08. The third-order valence-corrected chi connectivity index (χ3v) is 24.0. The Morgan fingerprint density at radius 1 is 0.226 bits per heavy atom. The molecule has 0 spiro atoms. The van der Waals surface area contributed by atoms with Crippen LogP contribution >= 0.6 is 0 Å². The lowest BCUT2D eigenvalue weighted by molar-refractivity contribution is -0.372. The average molecular weight is 2040 g/mol. The lowest BCUT2D eigenvalue weighted by atomic mass is 9.92. The van der Waals surface area contributed by atoms with E-state index in [0.29, 0.717) is 22.3 Å². The SMILES string of the molecule is CO[C@@H]1[C@H](OC(C)=O)[C@@H](NC(C)=O)[C@@H](O[C@@H]2[C@H](OC(C)=O)[C@@H](NC(C)=O)[C@@H](O[C@@H]3[C@H](OC(C)=O)[C@@H](NC(C)=O)[C@@H](O[C@@H]4[C@H](OC(C)=O)[C@@H](NC(C)=O)[C@@H](O[C@@H]5[C@H](OC(C)=O)[C@@H](NC(C)=O)[C@@H](O[C@@H]6[C@H](OC(C)=O)[C@@H](NC(C)=O)[C@@H](O)O[C@@H]6COCc6ccccc6)O[C@@H]5COCc5ccccc5)O[C@@H]4COCc4ccccc4)O[C@@H]3COCc3ccccc3)O[C@@H]2COCc2ccccc2)O[C@@H]1COCc1ccccc1. The van der Waals surface area contributed by atoms with Gasteiger partial charge < -0.3 is 151 Å². The Labute approximate surface area is 844 Å². The van der Waals surface area contributed by atoms with Gasteiger partial charge in [-0.3, -0.25) is 57.5 Å². The lowest BCUT2D eigenvalue weighted by Crippen LogP contribution is -2.73. The molecule has 6 aliphatic rings. The molecule has 6 saturated heterocycles. The Hall–Kier alpha value is -11.8. The first-order chi connectivity index (χ1) is 70.1. The van der Waals surface area contributed by atoms with E-state index in [0.717, 1.165) is 87.3 Å². The van der Waals surface area contributed by atoms with Crippen molar-refractivity contribution in [1.82, 2.24) is 31.9 Å². The van der Waals surface area contributed by atoms with Crippen LogP contribution in [0.2, 0.25) is 0 Å². The van der Waals surface area contributed by atoms with Gasteiger partial charge in [-0.05, 0) is 33.4 Å². The summed E-state index contributed by atoms with van der Waals surface area (Å²) in [6.45, 7) is 10.0. The van der Waals surface area contributed by atoms with Gasteiger partial charge >= 0.3 is 35.8 Å². The number of amides is 6. The van der Waals surface area contributed by atoms with Gasteiger partial charge in [-0.2, -0.15) is 0 Å². The van der Waals surface area contributed by atoms with Gasteiger partial charge in [0.25, 0.3) is 0 Å². The summed E-state index contributed by atoms with van der Waals surface area (Å²) in [6, 6.07) is 43.4. The van der Waals surface area contributed by atoms with E-state index in [2.05, 4.69) is 31.9 Å². The molecule has 30 atom stereocenters. The third kappa shape index (κ3) is 33.1. The summed E-state index contributed by atoms with van der Waals surface area (Å²) in [5.74, 6) is -10.3. The van der Waals surface area contributed by atoms with Gasteiger partial charge in [-0.1, -0.05) is 182 Å². The van der Waals surface area contributed by atoms with Crippen LogP contribution in [0.3, 0.4) is 0 Å². The fourth-order valence-corrected chi connectivity index (χ4v) is 18.2. The summed E-state index contributed by atoms with van der Waals surface area (Å²) in [7, 11) is 1.34. The first kappa shape index (κ1) is 113. The normalized spacial score (nSPS) is 30.1. The van der Waals surface area contributed by atoms with E-state index >= 15 is 0 Å². The molecule has 6 fully saturated rings. The standard InChI is InChI=1S/C103H130N6O37/c1-56(110)104-80-92(130-62(7)116)87(75(136-98(80)122)51-125-45-69-34-22-15-23-35-69)142-100-82(106-58(3)112)94(132-64(9)118)89(77(138-100)53-127-47-71-38-26-17-27-39-71)144-102-84(108-60(5)114)96(134-66(11)120)91(79(140-102)55-129-49-73-42-30-19-31-43-73)146-103-85(109-61(6)115)97(135-67(12)121)90(78(141-103)54-128-48-72-40-28-18-29-41-72)145-101-83(107-59(4)113)95(133-65(10)119)88(76(139-101)52-126-46-70-36-24-16-25-37-70)143-99-81(105-57(2)111)93(131-63(8)117)86(123-13)74(137-99)50-124-44-68-32-20-14-21-33-68/h14-43,74-103,122H,44-55H2,1-13H3,(H,104,110)(H,105,111)(H,106,112)(H,107,113)(H,108,114)(H,109,115)/t74-,75-,76-,77-,78-,79-,80-,81-,82-,83-,84-,85-,86+,87+,88+,89+,90+,91+,92-,93-,94-,95-,96-,97-,98+,99-,100-,101-,102-,103-/m1/s1. The minimum Gasteiger partial charge on any atom is -0.457 e. The molecule has 6 aliphatic heterocycles. The number of esters is 6. The fourth-order valence-electron chi connectivity index (χ4n) is 18.2. The first-order valence-corrected chi connectivity index (χ1v) is 47.9. The van der Waals surface area contributed by atoms with Crippen LogP contribution in [0.4, 0.5) is 0 Å². The van der Waals surface area contributed by atoms with E-state index in [1.807, 2.05) is 30.3 Å². The number of hydrogen-bond donors (Lipinski definition) is 7. The average Bonchev–Trinajstić information content (AvgIpc) is 0.754. The molecule has 0 aliphatic carbocycles. The maximum atomic E-state index is 14.4. The third-order valence-electron chi connectivity index (χ3n) is 24.0. The number of aliphatic hydroxyl groups excluding tert-OH is 1. The fraction of sp³-hybridized carbons (Fsp3) is 0.534. The van der Waals surface area contributed by atoms with Crippen LogP contribution in [0.25, 0.3) is 0 Å². The molecule has 6 aromatic rings. The van der Waals surface area contributed by atoms with Crippen LogP contribution in [0.1, 0.15) is 116 Å². The molecule has 6 aromatic carbocycles. The van der Waals surface area contributed by atoms with Crippen LogP contribution in [0.15, 0.2) is 182 Å². The van der Waals surface area contributed by atoms with E-state index in [4.69, 9.17) is 114 Å². The molecule has 6 amide bonds. The molecule has 0 radical (unpaired) electrons. The van der Waals surface area contributed by atoms with E-state index in [9.17, 15) is 62.6 Å². The highest BCUT2D eigenvalue weighted by molar-refractivity contribution is 5.77. The molecule has 0 saturated carbocycles. The zero-order chi connectivity index (χ0) is 105. The van der Waals surface area contributed by atoms with Gasteiger partial charge in [0.15, 0.2) is 74.4 Å². The molecular formula is C103H130N6O37. The minimum atomic E-state index is -2.02. The molecule has 6 heterocycles. The Bertz CT molecular complexity index is 5100. The molecule has 146 heavy (non-hydrogen) atoms. The summed E-state index contributed by atoms with van der Waals surface area (Å²) in [6.07, 6.45) is -41.0. The molecule has 43 heteroatoms. The topological polar surface area (TPSA) is 519 Å². The number of carbonyl (C=O) groups excluding carboxylic acids is 12. The smallest absolute Gasteiger partial charge is 0.303 e. The zero-order valence-corrected chi connectivity index (χ0v) is 83.3. The van der Waals surface area contributed by atoms with Crippen molar-refractivity contribution in [2.45, 2.75) is 307 Å². The number of methoxy groups -OCH3 is 1. The number of hydrogen-bond acceptors (Lipinski definition) is 37. The number of ether oxygens (including phenoxy) is 24. The van der Waals surface area contributed by atoms with Crippen LogP contribution in [-0.2, 0) is 211 Å². The summed E-state index contributed by atoms with van der Waals surface area (Å²) < 4.78 is 159. The highest BCUT2D eigenvalue weighted by atomic mass is 16.8. The summed E-state index contributed by atoms with van der Waals surface area (Å²) in [4.78, 5) is 168. The van der Waals surface area contributed by atoms with Crippen LogP contribution in [0, 0.1) is 0 Å². The molecule has 794 valence electrons. The monoisotopic (exact) mass is 2040 g/mol. The molecule has 0 aromatic heterocycles. The Kier molecular flexibility index (Phi) is 43.2. The molecule has 7 N–H and O–H groups in total. The maximum absolute atomic E-state index is 14.4. The molecule has 0 unspecified atom stereocenters. The number of nitrogens with one attached hydrogen (secondary N) is 6. The van der Waals surface area contributed by atoms with Crippen molar-refractivity contribution in [2.24, 2.45) is 0 Å². The Morgan fingerprint density at radius 2 is 0.384 bits per heavy atom. The van der Waals surface area contributed by atoms with Crippen molar-refractivity contribution in [3.8, 4) is 0 Å². The number of aliphatic hydroxyl groups is 1. The van der Waals surface area contributed by atoms with Crippen molar-refractivity contribution in [2.75, 3.05) is 46.8 Å². The molecule has 12 rings (SSSR count). The highest BCUT2D eigenvalue weighted by Crippen LogP contribution is 2.42. The second-order valence-electron chi connectivity index (χ2n) is 35.8. The summed E-state index contributed by atoms with van der Waals surface area (Å²) >= 11 is 0. The van der Waals surface area contributed by atoms with E-state index in [1.165, 1.54) is 14.0 Å². The minimum absolute atomic E-state index is 0.0189. The van der Waals surface area contributed by atoms with E-state index in [-0.39, 0.29) is 46.2 Å². The predicted octanol–water partition coefficient (Wildman–Crippen LogP) is 4.19. The second kappa shape index (κ2) is 55.8. The van der Waals surface area contributed by atoms with Crippen LogP contribution in [-0.4, -0.2) is 307 Å². The molecule has 0 bridgehead atoms. The van der Waals surface area contributed by atoms with Crippen molar-refractivity contribution in [3.63, 3.8) is 0 Å². The van der Waals surface area contributed by atoms with Crippen molar-refractivity contribution in [1.29, 1.82) is 0 Å². The maximum Gasteiger partial charge on any atom is 0.303 e.